The van der Waals surface area contributed by atoms with Crippen LogP contribution in [0.2, 0.25) is 0 Å². The Bertz CT molecular complexity index is 359. The lowest BCUT2D eigenvalue weighted by Crippen LogP contribution is -2.43. The summed E-state index contributed by atoms with van der Waals surface area (Å²) in [6.45, 7) is 0. The molecule has 1 aliphatic heterocycles. The molecule has 1 atom stereocenters. The van der Waals surface area contributed by atoms with E-state index in [2.05, 4.69) is 0 Å². The molecule has 1 aliphatic carbocycles. The van der Waals surface area contributed by atoms with Gasteiger partial charge < -0.3 is 4.90 Å². The maximum Gasteiger partial charge on any atom is 0.225 e. The summed E-state index contributed by atoms with van der Waals surface area (Å²) < 4.78 is 22.6. The molecule has 0 bridgehead atoms. The quantitative estimate of drug-likeness (QED) is 0.692. The van der Waals surface area contributed by atoms with Crippen LogP contribution >= 0.6 is 0 Å². The fraction of sp³-hybridized carbons (Fsp3) is 0.900. The fourth-order valence-corrected chi connectivity index (χ4v) is 3.98. The van der Waals surface area contributed by atoms with Gasteiger partial charge in [0.2, 0.25) is 5.91 Å². The highest BCUT2D eigenvalue weighted by molar-refractivity contribution is 7.91. The lowest BCUT2D eigenvalue weighted by atomic mass is 9.84. The van der Waals surface area contributed by atoms with E-state index in [1.807, 2.05) is 0 Å². The van der Waals surface area contributed by atoms with Crippen LogP contribution in [0, 0.1) is 5.92 Å². The Morgan fingerprint density at radius 1 is 1.27 bits per heavy atom. The Labute approximate surface area is 90.6 Å². The number of hydrogen-bond acceptors (Lipinski definition) is 3. The van der Waals surface area contributed by atoms with E-state index >= 15 is 0 Å². The predicted molar refractivity (Wildman–Crippen MR) is 57.2 cm³/mol. The molecule has 15 heavy (non-hydrogen) atoms. The molecule has 0 spiro atoms. The zero-order chi connectivity index (χ0) is 11.1. The third-order valence-corrected chi connectivity index (χ3v) is 5.31. The van der Waals surface area contributed by atoms with Gasteiger partial charge in [-0.25, -0.2) is 8.42 Å². The van der Waals surface area contributed by atoms with Crippen molar-refractivity contribution in [2.24, 2.45) is 5.92 Å². The molecule has 1 unspecified atom stereocenters. The highest BCUT2D eigenvalue weighted by Crippen LogP contribution is 2.29. The highest BCUT2D eigenvalue weighted by atomic mass is 32.2. The summed E-state index contributed by atoms with van der Waals surface area (Å²) in [5.41, 5.74) is 0. The van der Waals surface area contributed by atoms with Crippen LogP contribution in [0.5, 0.6) is 0 Å². The second-order valence-electron chi connectivity index (χ2n) is 4.63. The number of carbonyl (C=O) groups excluding carboxylic acids is 1. The van der Waals surface area contributed by atoms with E-state index in [0.29, 0.717) is 6.42 Å². The lowest BCUT2D eigenvalue weighted by Gasteiger charge is -2.32. The summed E-state index contributed by atoms with van der Waals surface area (Å²) in [5.74, 6) is 0.698. The second-order valence-corrected chi connectivity index (χ2v) is 6.86. The molecule has 86 valence electrons. The van der Waals surface area contributed by atoms with Crippen molar-refractivity contribution in [1.29, 1.82) is 0 Å². The largest absolute Gasteiger partial charge is 0.341 e. The normalized spacial score (nSPS) is 29.8. The topological polar surface area (TPSA) is 54.5 Å². The molecule has 1 saturated carbocycles. The van der Waals surface area contributed by atoms with Crippen molar-refractivity contribution in [2.45, 2.75) is 31.7 Å². The molecule has 2 fully saturated rings. The summed E-state index contributed by atoms with van der Waals surface area (Å²) in [5, 5.41) is 0. The van der Waals surface area contributed by atoms with Gasteiger partial charge in [-0.3, -0.25) is 4.79 Å². The average Bonchev–Trinajstić information content (AvgIpc) is 2.41. The van der Waals surface area contributed by atoms with Crippen LogP contribution in [-0.2, 0) is 14.6 Å². The van der Waals surface area contributed by atoms with Gasteiger partial charge in [0.15, 0.2) is 9.84 Å². The molecule has 1 saturated heterocycles. The standard InChI is InChI=1S/C10H17NO3S/c1-11(10(12)8-3-2-4-8)9-5-6-15(13,14)7-9/h8-9H,2-7H2,1H3. The number of amides is 1. The lowest BCUT2D eigenvalue weighted by molar-refractivity contribution is -0.138. The van der Waals surface area contributed by atoms with Crippen LogP contribution in [0.15, 0.2) is 0 Å². The molecular formula is C10H17NO3S. The van der Waals surface area contributed by atoms with E-state index in [0.717, 1.165) is 19.3 Å². The first-order valence-electron chi connectivity index (χ1n) is 5.47. The molecule has 4 nitrogen and oxygen atoms in total. The van der Waals surface area contributed by atoms with Crippen molar-refractivity contribution < 1.29 is 13.2 Å². The van der Waals surface area contributed by atoms with Gasteiger partial charge in [0.25, 0.3) is 0 Å². The summed E-state index contributed by atoms with van der Waals surface area (Å²) in [6, 6.07) is -0.0805. The van der Waals surface area contributed by atoms with Crippen LogP contribution in [0.25, 0.3) is 0 Å². The van der Waals surface area contributed by atoms with Gasteiger partial charge in [0.1, 0.15) is 0 Å². The molecule has 2 rings (SSSR count). The molecule has 1 heterocycles. The van der Waals surface area contributed by atoms with Gasteiger partial charge in [0.05, 0.1) is 11.5 Å². The van der Waals surface area contributed by atoms with Gasteiger partial charge in [-0.05, 0) is 19.3 Å². The molecule has 0 aromatic rings. The van der Waals surface area contributed by atoms with Crippen molar-refractivity contribution >= 4 is 15.7 Å². The highest BCUT2D eigenvalue weighted by Gasteiger charge is 2.36. The summed E-state index contributed by atoms with van der Waals surface area (Å²) in [4.78, 5) is 13.5. The van der Waals surface area contributed by atoms with Gasteiger partial charge in [-0.2, -0.15) is 0 Å². The Morgan fingerprint density at radius 3 is 2.33 bits per heavy atom. The maximum absolute atomic E-state index is 11.9. The van der Waals surface area contributed by atoms with Crippen LogP contribution in [0.1, 0.15) is 25.7 Å². The average molecular weight is 231 g/mol. The Kier molecular flexibility index (Phi) is 2.75. The zero-order valence-corrected chi connectivity index (χ0v) is 9.79. The molecule has 2 aliphatic rings. The van der Waals surface area contributed by atoms with Gasteiger partial charge in [0, 0.05) is 19.0 Å². The zero-order valence-electron chi connectivity index (χ0n) is 8.98. The van der Waals surface area contributed by atoms with E-state index in [9.17, 15) is 13.2 Å². The number of rotatable bonds is 2. The third kappa shape index (κ3) is 2.17. The third-order valence-electron chi connectivity index (χ3n) is 3.56. The van der Waals surface area contributed by atoms with E-state index in [1.165, 1.54) is 0 Å². The van der Waals surface area contributed by atoms with Crippen LogP contribution in [0.4, 0.5) is 0 Å². The molecular weight excluding hydrogens is 214 g/mol. The monoisotopic (exact) mass is 231 g/mol. The Balaban J connectivity index is 1.96. The first-order valence-corrected chi connectivity index (χ1v) is 7.29. The van der Waals surface area contributed by atoms with Crippen LogP contribution in [-0.4, -0.2) is 43.8 Å². The first kappa shape index (κ1) is 10.9. The smallest absolute Gasteiger partial charge is 0.225 e. The number of sulfone groups is 1. The van der Waals surface area contributed by atoms with Crippen molar-refractivity contribution in [1.82, 2.24) is 4.90 Å². The number of hydrogen-bond donors (Lipinski definition) is 0. The molecule has 0 aromatic carbocycles. The molecule has 0 aromatic heterocycles. The van der Waals surface area contributed by atoms with Gasteiger partial charge in [-0.15, -0.1) is 0 Å². The van der Waals surface area contributed by atoms with Gasteiger partial charge in [-0.1, -0.05) is 6.42 Å². The fourth-order valence-electron chi connectivity index (χ4n) is 2.20. The summed E-state index contributed by atoms with van der Waals surface area (Å²) in [6.07, 6.45) is 3.69. The molecule has 0 radical (unpaired) electrons. The Morgan fingerprint density at radius 2 is 1.93 bits per heavy atom. The number of nitrogens with zero attached hydrogens (tertiary/aromatic N) is 1. The van der Waals surface area contributed by atoms with Crippen LogP contribution in [0.3, 0.4) is 0 Å². The van der Waals surface area contributed by atoms with E-state index < -0.39 is 9.84 Å². The molecule has 5 heteroatoms. The minimum Gasteiger partial charge on any atom is -0.341 e. The van der Waals surface area contributed by atoms with Crippen molar-refractivity contribution in [3.05, 3.63) is 0 Å². The minimum atomic E-state index is -2.88. The van der Waals surface area contributed by atoms with Crippen molar-refractivity contribution in [2.75, 3.05) is 18.6 Å². The van der Waals surface area contributed by atoms with Crippen LogP contribution < -0.4 is 0 Å². The first-order chi connectivity index (χ1) is 6.99. The van der Waals surface area contributed by atoms with E-state index in [4.69, 9.17) is 0 Å². The predicted octanol–water partition coefficient (Wildman–Crippen LogP) is 0.432. The summed E-state index contributed by atoms with van der Waals surface area (Å²) in [7, 11) is -1.14. The Hall–Kier alpha value is -0.580. The van der Waals surface area contributed by atoms with E-state index in [-0.39, 0.29) is 29.4 Å². The van der Waals surface area contributed by atoms with Crippen molar-refractivity contribution in [3.63, 3.8) is 0 Å². The number of carbonyl (C=O) groups is 1. The maximum atomic E-state index is 11.9. The van der Waals surface area contributed by atoms with E-state index in [1.54, 1.807) is 11.9 Å². The summed E-state index contributed by atoms with van der Waals surface area (Å²) >= 11 is 0. The molecule has 1 amide bonds. The SMILES string of the molecule is CN(C(=O)C1CCC1)C1CCS(=O)(=O)C1. The minimum absolute atomic E-state index is 0.0805. The van der Waals surface area contributed by atoms with Gasteiger partial charge >= 0.3 is 0 Å². The second kappa shape index (κ2) is 3.77. The van der Waals surface area contributed by atoms with Crippen molar-refractivity contribution in [3.8, 4) is 0 Å². The molecule has 0 N–H and O–H groups in total.